The van der Waals surface area contributed by atoms with E-state index in [-0.39, 0.29) is 17.9 Å². The summed E-state index contributed by atoms with van der Waals surface area (Å²) < 4.78 is 41.5. The molecule has 0 aliphatic heterocycles. The molecule has 12 heteroatoms. The second-order valence-corrected chi connectivity index (χ2v) is 12.5. The Balaban J connectivity index is 2.33. The van der Waals surface area contributed by atoms with E-state index >= 15 is 0 Å². The molecule has 3 atom stereocenters. The summed E-state index contributed by atoms with van der Waals surface area (Å²) in [7, 11) is -8.59. The molecule has 0 aliphatic rings. The van der Waals surface area contributed by atoms with Crippen LogP contribution in [0.15, 0.2) is 53.4 Å². The Morgan fingerprint density at radius 3 is 2.21 bits per heavy atom. The van der Waals surface area contributed by atoms with Crippen LogP contribution in [0.4, 0.5) is 0 Å². The summed E-state index contributed by atoms with van der Waals surface area (Å²) in [6.45, 7) is 3.30. The topological polar surface area (TPSA) is 190 Å². The Bertz CT molecular complexity index is 1180. The molecule has 2 rings (SSSR count). The van der Waals surface area contributed by atoms with Crippen LogP contribution in [0.25, 0.3) is 0 Å². The van der Waals surface area contributed by atoms with Crippen LogP contribution in [0, 0.1) is 5.92 Å². The lowest BCUT2D eigenvalue weighted by Crippen LogP contribution is -2.39. The van der Waals surface area contributed by atoms with Gasteiger partial charge in [-0.1, -0.05) is 50.2 Å². The first kappa shape index (κ1) is 27.7. The summed E-state index contributed by atoms with van der Waals surface area (Å²) in [5.41, 5.74) is 12.2. The van der Waals surface area contributed by atoms with E-state index in [1.54, 1.807) is 32.0 Å². The molecule has 0 bridgehead atoms. The molecule has 0 aliphatic carbocycles. The zero-order valence-corrected chi connectivity index (χ0v) is 20.6. The van der Waals surface area contributed by atoms with Crippen molar-refractivity contribution in [2.45, 2.75) is 43.4 Å². The maximum atomic E-state index is 13.4. The molecule has 0 fully saturated rings. The number of carbonyl (C=O) groups excluding carboxylic acids is 1. The third-order valence-corrected chi connectivity index (χ3v) is 9.40. The predicted octanol–water partition coefficient (Wildman–Crippen LogP) is 1.57. The molecule has 0 radical (unpaired) electrons. The van der Waals surface area contributed by atoms with Gasteiger partial charge < -0.3 is 21.5 Å². The smallest absolute Gasteiger partial charge is 0.311 e. The molecule has 0 heterocycles. The molecule has 7 N–H and O–H groups in total. The summed E-state index contributed by atoms with van der Waals surface area (Å²) in [6, 6.07) is 11.8. The van der Waals surface area contributed by atoms with Crippen LogP contribution in [0.5, 0.6) is 0 Å². The fraction of sp³-hybridized carbons (Fsp3) is 0.364. The second kappa shape index (κ2) is 11.2. The van der Waals surface area contributed by atoms with Gasteiger partial charge in [0.15, 0.2) is 0 Å². The normalized spacial score (nSPS) is 15.4. The number of primary amides is 1. The van der Waals surface area contributed by atoms with Crippen LogP contribution in [0.3, 0.4) is 0 Å². The highest BCUT2D eigenvalue weighted by molar-refractivity contribution is 7.90. The van der Waals surface area contributed by atoms with Gasteiger partial charge in [0.2, 0.25) is 23.3 Å². The highest BCUT2D eigenvalue weighted by atomic mass is 32.2. The van der Waals surface area contributed by atoms with Gasteiger partial charge in [0.1, 0.15) is 5.78 Å². The summed E-state index contributed by atoms with van der Waals surface area (Å²) in [5, 5.41) is 9.74. The maximum absolute atomic E-state index is 13.4. The minimum absolute atomic E-state index is 0.0594. The molecule has 186 valence electrons. The van der Waals surface area contributed by atoms with Gasteiger partial charge in [-0.05, 0) is 34.7 Å². The third kappa shape index (κ3) is 7.22. The Hall–Kier alpha value is -2.56. The van der Waals surface area contributed by atoms with Crippen LogP contribution >= 0.6 is 7.37 Å². The van der Waals surface area contributed by atoms with Gasteiger partial charge in [-0.2, -0.15) is 4.72 Å². The molecule has 10 nitrogen and oxygen atoms in total. The summed E-state index contributed by atoms with van der Waals surface area (Å²) in [4.78, 5) is 33.7. The molecule has 1 amide bonds. The Labute approximate surface area is 198 Å². The van der Waals surface area contributed by atoms with E-state index in [1.165, 1.54) is 30.3 Å². The maximum Gasteiger partial charge on any atom is 0.311 e. The van der Waals surface area contributed by atoms with E-state index in [9.17, 15) is 32.6 Å². The van der Waals surface area contributed by atoms with Gasteiger partial charge in [-0.25, -0.2) is 8.42 Å². The van der Waals surface area contributed by atoms with Gasteiger partial charge in [0, 0.05) is 12.7 Å². The van der Waals surface area contributed by atoms with Crippen LogP contribution < -0.4 is 16.2 Å². The Morgan fingerprint density at radius 2 is 1.71 bits per heavy atom. The molecule has 2 aromatic carbocycles. The van der Waals surface area contributed by atoms with Crippen molar-refractivity contribution in [1.82, 2.24) is 4.72 Å². The zero-order valence-electron chi connectivity index (χ0n) is 18.9. The zero-order chi connectivity index (χ0) is 25.7. The average Bonchev–Trinajstić information content (AvgIpc) is 2.75. The minimum Gasteiger partial charge on any atom is -0.481 e. The van der Waals surface area contributed by atoms with Crippen molar-refractivity contribution in [2.24, 2.45) is 17.4 Å². The van der Waals surface area contributed by atoms with Crippen LogP contribution in [-0.2, 0) is 37.1 Å². The highest BCUT2D eigenvalue weighted by Gasteiger charge is 2.40. The number of rotatable bonds is 12. The van der Waals surface area contributed by atoms with Crippen molar-refractivity contribution >= 4 is 29.3 Å². The number of carboxylic acid groups (broad SMARTS) is 1. The fourth-order valence-electron chi connectivity index (χ4n) is 3.54. The van der Waals surface area contributed by atoms with Crippen molar-refractivity contribution < 1.29 is 32.6 Å². The van der Waals surface area contributed by atoms with Crippen LogP contribution in [0.2, 0.25) is 0 Å². The number of aliphatic carboxylic acids is 1. The number of carbonyl (C=O) groups is 2. The lowest BCUT2D eigenvalue weighted by atomic mass is 9.99. The first-order valence-corrected chi connectivity index (χ1v) is 13.9. The standard InChI is InChI=1S/C22H30N3O7PS/c1-14(2)21(25-34(31,32)18-8-6-15(7-9-18)11-20(24)26)33(29,30)13-19(22(27)28)17-5-3-4-16(10-17)12-23/h3-10,14,19,21,25H,11-13,23H2,1-2H3,(H2,24,26)(H,27,28)(H,29,30). The van der Waals surface area contributed by atoms with Crippen LogP contribution in [-0.4, -0.2) is 42.2 Å². The SMILES string of the molecule is CC(C)C(NS(=O)(=O)c1ccc(CC(N)=O)cc1)P(=O)(O)CC(C(=O)O)c1cccc(CN)c1. The monoisotopic (exact) mass is 511 g/mol. The van der Waals surface area contributed by atoms with Crippen molar-refractivity contribution in [3.63, 3.8) is 0 Å². The fourth-order valence-corrected chi connectivity index (χ4v) is 7.88. The van der Waals surface area contributed by atoms with E-state index in [1.807, 2.05) is 0 Å². The number of nitrogens with two attached hydrogens (primary N) is 2. The van der Waals surface area contributed by atoms with Crippen molar-refractivity contribution in [3.05, 3.63) is 65.2 Å². The molecule has 0 aromatic heterocycles. The molecule has 0 saturated carbocycles. The van der Waals surface area contributed by atoms with E-state index in [0.29, 0.717) is 16.7 Å². The van der Waals surface area contributed by atoms with Gasteiger partial charge >= 0.3 is 5.97 Å². The summed E-state index contributed by atoms with van der Waals surface area (Å²) in [6.07, 6.45) is -0.727. The Kier molecular flexibility index (Phi) is 9.15. The predicted molar refractivity (Wildman–Crippen MR) is 128 cm³/mol. The number of amides is 1. The van der Waals surface area contributed by atoms with E-state index in [0.717, 1.165) is 0 Å². The number of hydrogen-bond donors (Lipinski definition) is 5. The first-order valence-electron chi connectivity index (χ1n) is 10.5. The van der Waals surface area contributed by atoms with Gasteiger partial charge in [-0.3, -0.25) is 14.2 Å². The Morgan fingerprint density at radius 1 is 1.09 bits per heavy atom. The quantitative estimate of drug-likeness (QED) is 0.265. The molecule has 0 spiro atoms. The molecule has 0 saturated heterocycles. The molecule has 34 heavy (non-hydrogen) atoms. The lowest BCUT2D eigenvalue weighted by molar-refractivity contribution is -0.138. The number of benzene rings is 2. The third-order valence-electron chi connectivity index (χ3n) is 5.29. The number of sulfonamides is 1. The van der Waals surface area contributed by atoms with Gasteiger partial charge in [0.05, 0.1) is 17.2 Å². The van der Waals surface area contributed by atoms with E-state index < -0.39 is 53.0 Å². The average molecular weight is 512 g/mol. The summed E-state index contributed by atoms with van der Waals surface area (Å²) >= 11 is 0. The molecular weight excluding hydrogens is 481 g/mol. The van der Waals surface area contributed by atoms with Crippen molar-refractivity contribution in [3.8, 4) is 0 Å². The van der Waals surface area contributed by atoms with Gasteiger partial charge in [0.25, 0.3) is 0 Å². The van der Waals surface area contributed by atoms with Crippen molar-refractivity contribution in [1.29, 1.82) is 0 Å². The highest BCUT2D eigenvalue weighted by Crippen LogP contribution is 2.51. The second-order valence-electron chi connectivity index (χ2n) is 8.38. The van der Waals surface area contributed by atoms with Crippen LogP contribution in [0.1, 0.15) is 36.5 Å². The lowest BCUT2D eigenvalue weighted by Gasteiger charge is -2.29. The van der Waals surface area contributed by atoms with Crippen molar-refractivity contribution in [2.75, 3.05) is 6.16 Å². The van der Waals surface area contributed by atoms with E-state index in [4.69, 9.17) is 11.5 Å². The molecular formula is C22H30N3O7PS. The molecule has 3 unspecified atom stereocenters. The summed E-state index contributed by atoms with van der Waals surface area (Å²) in [5.74, 6) is -5.26. The number of nitrogens with one attached hydrogen (secondary N) is 1. The number of carboxylic acids is 1. The first-order chi connectivity index (χ1) is 15.8. The minimum atomic E-state index is -4.37. The molecule has 2 aromatic rings. The van der Waals surface area contributed by atoms with E-state index in [2.05, 4.69) is 4.72 Å². The van der Waals surface area contributed by atoms with Gasteiger partial charge in [-0.15, -0.1) is 0 Å². The number of hydrogen-bond acceptors (Lipinski definition) is 6. The largest absolute Gasteiger partial charge is 0.481 e.